The van der Waals surface area contributed by atoms with Crippen molar-refractivity contribution in [3.63, 3.8) is 0 Å². The number of carbonyl (C=O) groups excluding carboxylic acids is 1. The molecule has 1 aromatic heterocycles. The second-order valence-electron chi connectivity index (χ2n) is 5.97. The number of hydrogen-bond acceptors (Lipinski definition) is 3. The molecule has 0 saturated carbocycles. The highest BCUT2D eigenvalue weighted by Gasteiger charge is 2.21. The summed E-state index contributed by atoms with van der Waals surface area (Å²) in [5.41, 5.74) is 1.13. The maximum absolute atomic E-state index is 12.3. The van der Waals surface area contributed by atoms with Crippen LogP contribution in [0.25, 0.3) is 11.1 Å². The number of likely N-dealkylation sites (tertiary alicyclic amines) is 1. The maximum Gasteiger partial charge on any atom is 0.419 e. The first-order valence-corrected chi connectivity index (χ1v) is 7.99. The Kier molecular flexibility index (Phi) is 4.25. The minimum absolute atomic E-state index is 0.0989. The monoisotopic (exact) mass is 322 g/mol. The van der Waals surface area contributed by atoms with E-state index in [0.717, 1.165) is 19.5 Å². The second kappa shape index (κ2) is 6.16. The first-order valence-electron chi connectivity index (χ1n) is 7.61. The van der Waals surface area contributed by atoms with E-state index in [-0.39, 0.29) is 5.91 Å². The van der Waals surface area contributed by atoms with E-state index in [2.05, 4.69) is 6.92 Å². The summed E-state index contributed by atoms with van der Waals surface area (Å²) in [5.74, 6) is 0.205. The number of hydrogen-bond donors (Lipinski definition) is 0. The molecule has 1 atom stereocenters. The van der Waals surface area contributed by atoms with E-state index in [1.807, 2.05) is 4.90 Å². The Balaban J connectivity index is 1.72. The largest absolute Gasteiger partial charge is 0.419 e. The van der Waals surface area contributed by atoms with Crippen LogP contribution in [-0.4, -0.2) is 28.5 Å². The maximum atomic E-state index is 12.3. The lowest BCUT2D eigenvalue weighted by molar-refractivity contribution is -0.133. The van der Waals surface area contributed by atoms with E-state index in [9.17, 15) is 9.59 Å². The van der Waals surface area contributed by atoms with Gasteiger partial charge in [0.15, 0.2) is 5.58 Å². The lowest BCUT2D eigenvalue weighted by Crippen LogP contribution is -2.39. The zero-order chi connectivity index (χ0) is 15.7. The number of aromatic nitrogens is 1. The molecule has 0 bridgehead atoms. The Morgan fingerprint density at radius 2 is 2.27 bits per heavy atom. The molecule has 1 aliphatic rings. The van der Waals surface area contributed by atoms with Gasteiger partial charge < -0.3 is 9.32 Å². The van der Waals surface area contributed by atoms with Gasteiger partial charge in [-0.2, -0.15) is 0 Å². The minimum atomic E-state index is -0.447. The third kappa shape index (κ3) is 3.04. The van der Waals surface area contributed by atoms with Crippen molar-refractivity contribution in [2.24, 2.45) is 5.92 Å². The van der Waals surface area contributed by atoms with E-state index in [1.165, 1.54) is 11.0 Å². The number of fused-ring (bicyclic) bond motifs is 1. The first-order chi connectivity index (χ1) is 10.5. The molecule has 2 heterocycles. The van der Waals surface area contributed by atoms with Gasteiger partial charge >= 0.3 is 5.76 Å². The van der Waals surface area contributed by atoms with Gasteiger partial charge in [-0.1, -0.05) is 18.5 Å². The molecule has 0 N–H and O–H groups in total. The summed E-state index contributed by atoms with van der Waals surface area (Å²) in [6, 6.07) is 5.07. The van der Waals surface area contributed by atoms with Gasteiger partial charge in [0.2, 0.25) is 5.91 Å². The Morgan fingerprint density at radius 3 is 3.05 bits per heavy atom. The normalized spacial score (nSPS) is 18.8. The van der Waals surface area contributed by atoms with Gasteiger partial charge in [-0.3, -0.25) is 9.36 Å². The standard InChI is InChI=1S/C16H19ClN2O3/c1-11-3-2-7-18(10-11)15(20)6-8-19-13-5-4-12(17)9-14(13)22-16(19)21/h4-5,9,11H,2-3,6-8,10H2,1H3. The molecule has 0 spiro atoms. The molecular weight excluding hydrogens is 304 g/mol. The number of nitrogens with zero attached hydrogens (tertiary/aromatic N) is 2. The lowest BCUT2D eigenvalue weighted by atomic mass is 10.00. The van der Waals surface area contributed by atoms with Crippen LogP contribution in [0.1, 0.15) is 26.2 Å². The van der Waals surface area contributed by atoms with Crippen LogP contribution < -0.4 is 5.76 Å². The summed E-state index contributed by atoms with van der Waals surface area (Å²) in [7, 11) is 0. The molecule has 0 aliphatic carbocycles. The van der Waals surface area contributed by atoms with Crippen LogP contribution in [0.4, 0.5) is 0 Å². The highest BCUT2D eigenvalue weighted by Crippen LogP contribution is 2.19. The molecule has 22 heavy (non-hydrogen) atoms. The van der Waals surface area contributed by atoms with Crippen LogP contribution in [0.5, 0.6) is 0 Å². The molecule has 118 valence electrons. The summed E-state index contributed by atoms with van der Waals surface area (Å²) in [4.78, 5) is 26.1. The van der Waals surface area contributed by atoms with Crippen LogP contribution in [0, 0.1) is 5.92 Å². The minimum Gasteiger partial charge on any atom is -0.408 e. The van der Waals surface area contributed by atoms with Crippen molar-refractivity contribution in [3.05, 3.63) is 33.8 Å². The second-order valence-corrected chi connectivity index (χ2v) is 6.41. The van der Waals surface area contributed by atoms with Gasteiger partial charge in [0.05, 0.1) is 5.52 Å². The third-order valence-corrected chi connectivity index (χ3v) is 4.42. The zero-order valence-corrected chi connectivity index (χ0v) is 13.3. The fourth-order valence-electron chi connectivity index (χ4n) is 3.03. The first kappa shape index (κ1) is 15.2. The Labute approximate surface area is 133 Å². The van der Waals surface area contributed by atoms with E-state index in [4.69, 9.17) is 16.0 Å². The van der Waals surface area contributed by atoms with E-state index < -0.39 is 5.76 Å². The molecule has 1 unspecified atom stereocenters. The molecule has 0 radical (unpaired) electrons. The van der Waals surface area contributed by atoms with Crippen molar-refractivity contribution in [1.82, 2.24) is 9.47 Å². The molecule has 1 saturated heterocycles. The number of aryl methyl sites for hydroxylation is 1. The highest BCUT2D eigenvalue weighted by molar-refractivity contribution is 6.31. The average molecular weight is 323 g/mol. The molecule has 3 rings (SSSR count). The fraction of sp³-hybridized carbons (Fsp3) is 0.500. The summed E-state index contributed by atoms with van der Waals surface area (Å²) in [6.07, 6.45) is 2.54. The van der Waals surface area contributed by atoms with Crippen LogP contribution in [-0.2, 0) is 11.3 Å². The number of carbonyl (C=O) groups is 1. The number of oxazole rings is 1. The van der Waals surface area contributed by atoms with Gasteiger partial charge in [-0.25, -0.2) is 4.79 Å². The smallest absolute Gasteiger partial charge is 0.408 e. The number of benzene rings is 1. The Bertz CT molecular complexity index is 749. The van der Waals surface area contributed by atoms with Gasteiger partial charge in [-0.05, 0) is 30.9 Å². The van der Waals surface area contributed by atoms with Gasteiger partial charge in [0.25, 0.3) is 0 Å². The van der Waals surface area contributed by atoms with Crippen molar-refractivity contribution in [1.29, 1.82) is 0 Å². The van der Waals surface area contributed by atoms with Crippen LogP contribution in [0.2, 0.25) is 5.02 Å². The van der Waals surface area contributed by atoms with E-state index >= 15 is 0 Å². The molecule has 1 aromatic carbocycles. The molecule has 1 amide bonds. The Morgan fingerprint density at radius 1 is 1.45 bits per heavy atom. The van der Waals surface area contributed by atoms with Crippen LogP contribution >= 0.6 is 11.6 Å². The molecule has 1 aliphatic heterocycles. The van der Waals surface area contributed by atoms with E-state index in [0.29, 0.717) is 35.0 Å². The van der Waals surface area contributed by atoms with Crippen molar-refractivity contribution in [2.45, 2.75) is 32.7 Å². The predicted octanol–water partition coefficient (Wildman–Crippen LogP) is 2.90. The van der Waals surface area contributed by atoms with Crippen molar-refractivity contribution in [2.75, 3.05) is 13.1 Å². The number of rotatable bonds is 3. The summed E-state index contributed by atoms with van der Waals surface area (Å²) < 4.78 is 6.67. The lowest BCUT2D eigenvalue weighted by Gasteiger charge is -2.31. The summed E-state index contributed by atoms with van der Waals surface area (Å²) >= 11 is 5.89. The molecule has 1 fully saturated rings. The zero-order valence-electron chi connectivity index (χ0n) is 12.5. The topological polar surface area (TPSA) is 55.5 Å². The number of halogens is 1. The average Bonchev–Trinajstić information content (AvgIpc) is 2.79. The Hall–Kier alpha value is -1.75. The number of amides is 1. The number of piperidine rings is 1. The molecule has 6 heteroatoms. The van der Waals surface area contributed by atoms with Gasteiger partial charge in [-0.15, -0.1) is 0 Å². The molecular formula is C16H19ClN2O3. The highest BCUT2D eigenvalue weighted by atomic mass is 35.5. The third-order valence-electron chi connectivity index (χ3n) is 4.19. The van der Waals surface area contributed by atoms with Crippen LogP contribution in [0.3, 0.4) is 0 Å². The summed E-state index contributed by atoms with van der Waals surface area (Å²) in [6.45, 7) is 4.13. The van der Waals surface area contributed by atoms with Gasteiger partial charge in [0.1, 0.15) is 0 Å². The quantitative estimate of drug-likeness (QED) is 0.873. The SMILES string of the molecule is CC1CCCN(C(=O)CCn2c(=O)oc3cc(Cl)ccc32)C1. The van der Waals surface area contributed by atoms with Crippen molar-refractivity contribution >= 4 is 28.6 Å². The van der Waals surface area contributed by atoms with Crippen molar-refractivity contribution in [3.8, 4) is 0 Å². The molecule has 5 nitrogen and oxygen atoms in total. The summed E-state index contributed by atoms with van der Waals surface area (Å²) in [5, 5.41) is 0.520. The van der Waals surface area contributed by atoms with Gasteiger partial charge in [0, 0.05) is 37.1 Å². The fourth-order valence-corrected chi connectivity index (χ4v) is 3.20. The molecule has 2 aromatic rings. The van der Waals surface area contributed by atoms with E-state index in [1.54, 1.807) is 18.2 Å². The van der Waals surface area contributed by atoms with Crippen LogP contribution in [0.15, 0.2) is 27.4 Å². The predicted molar refractivity (Wildman–Crippen MR) is 85.1 cm³/mol. The van der Waals surface area contributed by atoms with Crippen molar-refractivity contribution < 1.29 is 9.21 Å².